The molecule has 1 aliphatic heterocycles. The van der Waals surface area contributed by atoms with Gasteiger partial charge in [-0.25, -0.2) is 8.42 Å². The highest BCUT2D eigenvalue weighted by Crippen LogP contribution is 2.32. The number of hydrogen-bond acceptors (Lipinski definition) is 5. The number of methoxy groups -OCH3 is 2. The number of ether oxygens (including phenoxy) is 2. The molecule has 2 rings (SSSR count). The summed E-state index contributed by atoms with van der Waals surface area (Å²) in [6.07, 6.45) is 0.636. The summed E-state index contributed by atoms with van der Waals surface area (Å²) in [5.74, 6) is 1.43. The molecule has 0 amide bonds. The smallest absolute Gasteiger partial charge is 0.154 e. The van der Waals surface area contributed by atoms with Gasteiger partial charge in [0.05, 0.1) is 25.2 Å². The van der Waals surface area contributed by atoms with Crippen LogP contribution in [0.2, 0.25) is 0 Å². The Morgan fingerprint density at radius 2 is 2.00 bits per heavy atom. The molecule has 0 radical (unpaired) electrons. The zero-order chi connectivity index (χ0) is 14.8. The maximum Gasteiger partial charge on any atom is 0.154 e. The van der Waals surface area contributed by atoms with E-state index in [2.05, 4.69) is 5.32 Å². The third kappa shape index (κ3) is 3.07. The predicted octanol–water partition coefficient (Wildman–Crippen LogP) is 1.54. The van der Waals surface area contributed by atoms with E-state index in [1.54, 1.807) is 27.2 Å². The Hall–Kier alpha value is -1.27. The number of nitrogens with one attached hydrogen (secondary N) is 1. The summed E-state index contributed by atoms with van der Waals surface area (Å²) < 4.78 is 34.9. The maximum absolute atomic E-state index is 12.2. The molecule has 0 aromatic heterocycles. The van der Waals surface area contributed by atoms with Gasteiger partial charge in [-0.05, 0) is 26.0 Å². The topological polar surface area (TPSA) is 64.6 Å². The van der Waals surface area contributed by atoms with E-state index in [9.17, 15) is 8.42 Å². The molecule has 0 spiro atoms. The Labute approximate surface area is 120 Å². The van der Waals surface area contributed by atoms with Gasteiger partial charge >= 0.3 is 0 Å². The zero-order valence-corrected chi connectivity index (χ0v) is 12.9. The van der Waals surface area contributed by atoms with E-state index in [0.29, 0.717) is 24.5 Å². The second kappa shape index (κ2) is 6.01. The van der Waals surface area contributed by atoms with E-state index in [1.165, 1.54) is 0 Å². The molecule has 0 saturated carbocycles. The van der Waals surface area contributed by atoms with Crippen molar-refractivity contribution in [3.8, 4) is 11.5 Å². The first-order chi connectivity index (χ1) is 9.47. The lowest BCUT2D eigenvalue weighted by Gasteiger charge is -2.19. The molecule has 0 bridgehead atoms. The molecular weight excluding hydrogens is 278 g/mol. The van der Waals surface area contributed by atoms with E-state index >= 15 is 0 Å². The zero-order valence-electron chi connectivity index (χ0n) is 12.0. The van der Waals surface area contributed by atoms with Crippen LogP contribution in [0.1, 0.15) is 24.9 Å². The minimum absolute atomic E-state index is 0.0941. The summed E-state index contributed by atoms with van der Waals surface area (Å²) in [5.41, 5.74) is 0.853. The fourth-order valence-corrected chi connectivity index (χ4v) is 3.97. The molecule has 1 aromatic rings. The molecule has 1 heterocycles. The van der Waals surface area contributed by atoms with Crippen LogP contribution in [-0.4, -0.2) is 40.2 Å². The van der Waals surface area contributed by atoms with Gasteiger partial charge in [0.25, 0.3) is 0 Å². The lowest BCUT2D eigenvalue weighted by molar-refractivity contribution is 0.386. The van der Waals surface area contributed by atoms with E-state index in [4.69, 9.17) is 9.47 Å². The molecule has 2 unspecified atom stereocenters. The van der Waals surface area contributed by atoms with Gasteiger partial charge in [0, 0.05) is 17.7 Å². The van der Waals surface area contributed by atoms with Gasteiger partial charge in [-0.3, -0.25) is 0 Å². The second-order valence-electron chi connectivity index (χ2n) is 5.04. The van der Waals surface area contributed by atoms with Crippen LogP contribution in [0.3, 0.4) is 0 Å². The Bertz CT molecular complexity index is 571. The predicted molar refractivity (Wildman–Crippen MR) is 78.2 cm³/mol. The summed E-state index contributed by atoms with van der Waals surface area (Å²) >= 11 is 0. The molecule has 0 aliphatic carbocycles. The highest BCUT2D eigenvalue weighted by atomic mass is 32.2. The van der Waals surface area contributed by atoms with E-state index in [0.717, 1.165) is 5.56 Å². The molecule has 20 heavy (non-hydrogen) atoms. The Kier molecular flexibility index (Phi) is 4.55. The number of hydrogen-bond donors (Lipinski definition) is 1. The van der Waals surface area contributed by atoms with Crippen molar-refractivity contribution in [2.75, 3.05) is 26.5 Å². The minimum atomic E-state index is -3.09. The van der Waals surface area contributed by atoms with Gasteiger partial charge in [-0.15, -0.1) is 0 Å². The van der Waals surface area contributed by atoms with Crippen molar-refractivity contribution in [1.82, 2.24) is 5.32 Å². The second-order valence-corrected chi connectivity index (χ2v) is 7.51. The summed E-state index contributed by atoms with van der Waals surface area (Å²) in [6, 6.07) is 5.21. The molecule has 5 nitrogen and oxygen atoms in total. The van der Waals surface area contributed by atoms with Crippen LogP contribution in [-0.2, 0) is 9.84 Å². The lowest BCUT2D eigenvalue weighted by Crippen LogP contribution is -2.26. The van der Waals surface area contributed by atoms with Gasteiger partial charge in [0.1, 0.15) is 11.5 Å². The van der Waals surface area contributed by atoms with Crippen LogP contribution in [0.15, 0.2) is 18.2 Å². The van der Waals surface area contributed by atoms with Crippen molar-refractivity contribution in [2.45, 2.75) is 24.6 Å². The molecule has 6 heteroatoms. The number of sulfone groups is 1. The summed E-state index contributed by atoms with van der Waals surface area (Å²) in [7, 11) is 0.0781. The van der Waals surface area contributed by atoms with E-state index in [-0.39, 0.29) is 17.0 Å². The molecule has 1 N–H and O–H groups in total. The molecule has 1 saturated heterocycles. The summed E-state index contributed by atoms with van der Waals surface area (Å²) in [5, 5.41) is 2.99. The first-order valence-corrected chi connectivity index (χ1v) is 8.36. The average molecular weight is 299 g/mol. The fourth-order valence-electron chi connectivity index (χ4n) is 2.40. The van der Waals surface area contributed by atoms with Crippen molar-refractivity contribution in [1.29, 1.82) is 0 Å². The van der Waals surface area contributed by atoms with Gasteiger partial charge in [-0.1, -0.05) is 6.07 Å². The first kappa shape index (κ1) is 15.1. The number of benzene rings is 1. The molecule has 112 valence electrons. The van der Waals surface area contributed by atoms with Crippen LogP contribution in [0, 0.1) is 0 Å². The van der Waals surface area contributed by atoms with Gasteiger partial charge in [0.15, 0.2) is 9.84 Å². The van der Waals surface area contributed by atoms with Crippen molar-refractivity contribution in [3.05, 3.63) is 23.8 Å². The van der Waals surface area contributed by atoms with Gasteiger partial charge < -0.3 is 14.8 Å². The average Bonchev–Trinajstić information content (AvgIpc) is 2.57. The van der Waals surface area contributed by atoms with E-state index in [1.807, 2.05) is 12.1 Å². The normalized spacial score (nSPS) is 25.8. The fraction of sp³-hybridized carbons (Fsp3) is 0.571. The molecule has 2 atom stereocenters. The Balaban J connectivity index is 2.35. The number of rotatable bonds is 3. The van der Waals surface area contributed by atoms with Gasteiger partial charge in [0.2, 0.25) is 0 Å². The van der Waals surface area contributed by atoms with Crippen LogP contribution < -0.4 is 14.8 Å². The van der Waals surface area contributed by atoms with Crippen LogP contribution in [0.25, 0.3) is 0 Å². The molecule has 1 aromatic carbocycles. The van der Waals surface area contributed by atoms with Crippen molar-refractivity contribution < 1.29 is 17.9 Å². The van der Waals surface area contributed by atoms with Crippen molar-refractivity contribution in [3.63, 3.8) is 0 Å². The third-order valence-electron chi connectivity index (χ3n) is 3.77. The summed E-state index contributed by atoms with van der Waals surface area (Å²) in [4.78, 5) is 0. The quantitative estimate of drug-likeness (QED) is 0.917. The first-order valence-electron chi connectivity index (χ1n) is 6.65. The molecule has 1 fully saturated rings. The van der Waals surface area contributed by atoms with Crippen LogP contribution in [0.4, 0.5) is 0 Å². The Morgan fingerprint density at radius 1 is 1.25 bits per heavy atom. The Morgan fingerprint density at radius 3 is 2.65 bits per heavy atom. The highest BCUT2D eigenvalue weighted by Gasteiger charge is 2.30. The van der Waals surface area contributed by atoms with Crippen LogP contribution in [0.5, 0.6) is 11.5 Å². The maximum atomic E-state index is 12.2. The standard InChI is InChI=1S/C14H21NO4S/c1-10-6-7-15-13(9-20(10,16)17)12-5-4-11(18-2)8-14(12)19-3/h4-5,8,10,13,15H,6-7,9H2,1-3H3. The van der Waals surface area contributed by atoms with Gasteiger partial charge in [-0.2, -0.15) is 0 Å². The monoisotopic (exact) mass is 299 g/mol. The third-order valence-corrected chi connectivity index (χ3v) is 6.03. The van der Waals surface area contributed by atoms with E-state index < -0.39 is 9.84 Å². The molecule has 1 aliphatic rings. The van der Waals surface area contributed by atoms with Crippen molar-refractivity contribution in [2.24, 2.45) is 0 Å². The van der Waals surface area contributed by atoms with Crippen molar-refractivity contribution >= 4 is 9.84 Å². The molecular formula is C14H21NO4S. The minimum Gasteiger partial charge on any atom is -0.497 e. The highest BCUT2D eigenvalue weighted by molar-refractivity contribution is 7.92. The van der Waals surface area contributed by atoms with Crippen LogP contribution >= 0.6 is 0 Å². The lowest BCUT2D eigenvalue weighted by atomic mass is 10.1. The summed E-state index contributed by atoms with van der Waals surface area (Å²) in [6.45, 7) is 2.45. The SMILES string of the molecule is COc1ccc(C2CS(=O)(=O)C(C)CCN2)c(OC)c1. The largest absolute Gasteiger partial charge is 0.497 e.